The Morgan fingerprint density at radius 1 is 1.14 bits per heavy atom. The highest BCUT2D eigenvalue weighted by Gasteiger charge is 2.37. The number of nitrogens with one attached hydrogen (secondary N) is 1. The van der Waals surface area contributed by atoms with E-state index in [1.54, 1.807) is 14.2 Å². The lowest BCUT2D eigenvalue weighted by atomic mass is 10.1. The van der Waals surface area contributed by atoms with Gasteiger partial charge >= 0.3 is 0 Å². The maximum atomic E-state index is 12.5. The molecule has 0 aliphatic carbocycles. The summed E-state index contributed by atoms with van der Waals surface area (Å²) in [5.41, 5.74) is 0.694. The van der Waals surface area contributed by atoms with E-state index in [4.69, 9.17) is 9.47 Å². The molecule has 0 aromatic heterocycles. The van der Waals surface area contributed by atoms with Gasteiger partial charge in [-0.05, 0) is 27.2 Å². The topological polar surface area (TPSA) is 50.8 Å². The smallest absolute Gasteiger partial charge is 0.245 e. The van der Waals surface area contributed by atoms with E-state index in [2.05, 4.69) is 26.1 Å². The first-order valence-electron chi connectivity index (χ1n) is 7.16. The van der Waals surface area contributed by atoms with Gasteiger partial charge in [0.1, 0.15) is 17.5 Å². The lowest BCUT2D eigenvalue weighted by Crippen LogP contribution is -2.45. The molecule has 1 heterocycles. The average molecular weight is 292 g/mol. The number of anilines is 1. The lowest BCUT2D eigenvalue weighted by Gasteiger charge is -2.32. The molecule has 1 amide bonds. The Morgan fingerprint density at radius 2 is 1.71 bits per heavy atom. The first kappa shape index (κ1) is 15.5. The predicted molar refractivity (Wildman–Crippen MR) is 83.0 cm³/mol. The van der Waals surface area contributed by atoms with Gasteiger partial charge in [0.25, 0.3) is 0 Å². The number of benzene rings is 1. The summed E-state index contributed by atoms with van der Waals surface area (Å²) in [7, 11) is 3.22. The van der Waals surface area contributed by atoms with Crippen LogP contribution in [0.2, 0.25) is 0 Å². The van der Waals surface area contributed by atoms with Crippen LogP contribution in [0.5, 0.6) is 11.5 Å². The van der Waals surface area contributed by atoms with Crippen molar-refractivity contribution in [3.63, 3.8) is 0 Å². The van der Waals surface area contributed by atoms with Crippen LogP contribution in [0.3, 0.4) is 0 Å². The Bertz CT molecular complexity index is 500. The van der Waals surface area contributed by atoms with E-state index >= 15 is 0 Å². The molecule has 0 bridgehead atoms. The third kappa shape index (κ3) is 3.40. The maximum absolute atomic E-state index is 12.5. The lowest BCUT2D eigenvalue weighted by molar-refractivity contribution is -0.132. The molecule has 0 radical (unpaired) electrons. The predicted octanol–water partition coefficient (Wildman–Crippen LogP) is 2.52. The quantitative estimate of drug-likeness (QED) is 0.926. The number of nitrogens with zero attached hydrogens (tertiary/aromatic N) is 1. The van der Waals surface area contributed by atoms with Crippen LogP contribution in [0.25, 0.3) is 0 Å². The normalized spacial score (nSPS) is 18.8. The Labute approximate surface area is 126 Å². The first-order chi connectivity index (χ1) is 9.85. The van der Waals surface area contributed by atoms with Gasteiger partial charge in [0, 0.05) is 36.0 Å². The monoisotopic (exact) mass is 292 g/mol. The van der Waals surface area contributed by atoms with Gasteiger partial charge in [0.15, 0.2) is 0 Å². The van der Waals surface area contributed by atoms with Crippen molar-refractivity contribution in [1.29, 1.82) is 0 Å². The van der Waals surface area contributed by atoms with Crippen molar-refractivity contribution in [2.24, 2.45) is 0 Å². The molecule has 1 aliphatic rings. The first-order valence-corrected chi connectivity index (χ1v) is 7.16. The maximum Gasteiger partial charge on any atom is 0.245 e. The fourth-order valence-electron chi connectivity index (χ4n) is 2.57. The summed E-state index contributed by atoms with van der Waals surface area (Å²) < 4.78 is 10.5. The molecule has 0 spiro atoms. The molecule has 0 saturated carbocycles. The second-order valence-electron chi connectivity index (χ2n) is 6.25. The van der Waals surface area contributed by atoms with Crippen molar-refractivity contribution in [2.75, 3.05) is 26.1 Å². The number of carbonyl (C=O) groups is 1. The number of methoxy groups -OCH3 is 2. The number of ether oxygens (including phenoxy) is 2. The molecule has 116 valence electrons. The van der Waals surface area contributed by atoms with Crippen molar-refractivity contribution in [3.8, 4) is 11.5 Å². The highest BCUT2D eigenvalue weighted by atomic mass is 16.5. The van der Waals surface area contributed by atoms with Gasteiger partial charge in [-0.1, -0.05) is 0 Å². The number of amides is 1. The Hall–Kier alpha value is -1.91. The third-order valence-electron chi connectivity index (χ3n) is 3.71. The van der Waals surface area contributed by atoms with Gasteiger partial charge < -0.3 is 19.7 Å². The number of rotatable bonds is 4. The Morgan fingerprint density at radius 3 is 2.14 bits per heavy atom. The Kier molecular flexibility index (Phi) is 4.30. The molecular formula is C16H24N2O3. The summed E-state index contributed by atoms with van der Waals surface area (Å²) in [6.45, 7) is 6.95. The molecular weight excluding hydrogens is 268 g/mol. The number of hydrogen-bond acceptors (Lipinski definition) is 4. The van der Waals surface area contributed by atoms with Crippen LogP contribution in [-0.4, -0.2) is 43.2 Å². The van der Waals surface area contributed by atoms with E-state index < -0.39 is 0 Å². The standard InChI is InChI=1S/C16H24N2O3/c1-16(2,3)18-7-6-14(15(18)19)17-11-8-12(20-4)10-13(9-11)21-5/h8-10,14,17H,6-7H2,1-5H3. The van der Waals surface area contributed by atoms with Crippen molar-refractivity contribution < 1.29 is 14.3 Å². The molecule has 1 aromatic rings. The average Bonchev–Trinajstić information content (AvgIpc) is 2.79. The van der Waals surface area contributed by atoms with Gasteiger partial charge in [-0.15, -0.1) is 0 Å². The molecule has 1 aromatic carbocycles. The van der Waals surface area contributed by atoms with Crippen LogP contribution in [0.1, 0.15) is 27.2 Å². The van der Waals surface area contributed by atoms with E-state index in [-0.39, 0.29) is 17.5 Å². The largest absolute Gasteiger partial charge is 0.497 e. The van der Waals surface area contributed by atoms with Crippen molar-refractivity contribution in [1.82, 2.24) is 4.90 Å². The van der Waals surface area contributed by atoms with Gasteiger partial charge in [0.2, 0.25) is 5.91 Å². The minimum atomic E-state index is -0.193. The zero-order valence-electron chi connectivity index (χ0n) is 13.4. The molecule has 1 unspecified atom stereocenters. The fourth-order valence-corrected chi connectivity index (χ4v) is 2.57. The molecule has 1 aliphatic heterocycles. The number of carbonyl (C=O) groups excluding carboxylic acids is 1. The zero-order chi connectivity index (χ0) is 15.6. The molecule has 5 nitrogen and oxygen atoms in total. The van der Waals surface area contributed by atoms with E-state index in [9.17, 15) is 4.79 Å². The summed E-state index contributed by atoms with van der Waals surface area (Å²) in [5.74, 6) is 1.55. The van der Waals surface area contributed by atoms with Gasteiger partial charge in [-0.3, -0.25) is 4.79 Å². The minimum absolute atomic E-state index is 0.139. The van der Waals surface area contributed by atoms with Gasteiger partial charge in [0.05, 0.1) is 14.2 Å². The highest BCUT2D eigenvalue weighted by molar-refractivity contribution is 5.87. The molecule has 21 heavy (non-hydrogen) atoms. The van der Waals surface area contributed by atoms with Crippen molar-refractivity contribution >= 4 is 11.6 Å². The third-order valence-corrected chi connectivity index (χ3v) is 3.71. The molecule has 1 atom stereocenters. The summed E-state index contributed by atoms with van der Waals surface area (Å²) >= 11 is 0. The van der Waals surface area contributed by atoms with Gasteiger partial charge in [-0.25, -0.2) is 0 Å². The van der Waals surface area contributed by atoms with Crippen LogP contribution in [0.15, 0.2) is 18.2 Å². The van der Waals surface area contributed by atoms with Crippen LogP contribution in [0.4, 0.5) is 5.69 Å². The molecule has 1 saturated heterocycles. The summed E-state index contributed by atoms with van der Waals surface area (Å²) in [4.78, 5) is 14.4. The summed E-state index contributed by atoms with van der Waals surface area (Å²) in [5, 5.41) is 3.29. The molecule has 1 N–H and O–H groups in total. The van der Waals surface area contributed by atoms with E-state index in [0.29, 0.717) is 11.5 Å². The van der Waals surface area contributed by atoms with E-state index in [1.807, 2.05) is 23.1 Å². The van der Waals surface area contributed by atoms with Gasteiger partial charge in [-0.2, -0.15) is 0 Å². The van der Waals surface area contributed by atoms with Crippen LogP contribution < -0.4 is 14.8 Å². The Balaban J connectivity index is 2.14. The van der Waals surface area contributed by atoms with Crippen molar-refractivity contribution in [3.05, 3.63) is 18.2 Å². The van der Waals surface area contributed by atoms with Crippen LogP contribution in [-0.2, 0) is 4.79 Å². The SMILES string of the molecule is COc1cc(NC2CCN(C(C)(C)C)C2=O)cc(OC)c1. The minimum Gasteiger partial charge on any atom is -0.497 e. The van der Waals surface area contributed by atoms with E-state index in [1.165, 1.54) is 0 Å². The second kappa shape index (κ2) is 5.84. The molecule has 2 rings (SSSR count). The van der Waals surface area contributed by atoms with Crippen molar-refractivity contribution in [2.45, 2.75) is 38.8 Å². The molecule has 1 fully saturated rings. The second-order valence-corrected chi connectivity index (χ2v) is 6.25. The van der Waals surface area contributed by atoms with E-state index in [0.717, 1.165) is 18.7 Å². The fraction of sp³-hybridized carbons (Fsp3) is 0.562. The number of hydrogen-bond donors (Lipinski definition) is 1. The number of likely N-dealkylation sites (tertiary alicyclic amines) is 1. The van der Waals surface area contributed by atoms with Crippen LogP contribution in [0, 0.1) is 0 Å². The summed E-state index contributed by atoms with van der Waals surface area (Å²) in [6.07, 6.45) is 0.801. The zero-order valence-corrected chi connectivity index (χ0v) is 13.4. The summed E-state index contributed by atoms with van der Waals surface area (Å²) in [6, 6.07) is 5.36. The molecule has 5 heteroatoms. The highest BCUT2D eigenvalue weighted by Crippen LogP contribution is 2.29. The van der Waals surface area contributed by atoms with Crippen LogP contribution >= 0.6 is 0 Å².